The second-order valence-corrected chi connectivity index (χ2v) is 5.32. The second-order valence-electron chi connectivity index (χ2n) is 5.32. The molecule has 2 rings (SSSR count). The number of carbonyl (C=O) groups is 1. The Bertz CT molecular complexity index is 455. The van der Waals surface area contributed by atoms with Crippen LogP contribution in [-0.2, 0) is 4.79 Å². The van der Waals surface area contributed by atoms with E-state index in [1.807, 2.05) is 6.92 Å². The van der Waals surface area contributed by atoms with Crippen LogP contribution in [0.5, 0.6) is 0 Å². The lowest BCUT2D eigenvalue weighted by Gasteiger charge is -2.14. The van der Waals surface area contributed by atoms with Crippen LogP contribution >= 0.6 is 0 Å². The van der Waals surface area contributed by atoms with Gasteiger partial charge in [-0.3, -0.25) is 4.79 Å². The van der Waals surface area contributed by atoms with Gasteiger partial charge in [-0.05, 0) is 50.4 Å². The number of rotatable bonds is 7. The average molecular weight is 282 g/mol. The Morgan fingerprint density at radius 3 is 2.55 bits per heavy atom. The maximum absolute atomic E-state index is 13.1. The van der Waals surface area contributed by atoms with Crippen molar-refractivity contribution in [3.8, 4) is 0 Å². The molecule has 1 fully saturated rings. The molecule has 3 nitrogen and oxygen atoms in total. The molecule has 1 unspecified atom stereocenters. The highest BCUT2D eigenvalue weighted by Crippen LogP contribution is 2.19. The van der Waals surface area contributed by atoms with Crippen molar-refractivity contribution < 1.29 is 13.6 Å². The van der Waals surface area contributed by atoms with Crippen LogP contribution in [0.25, 0.3) is 0 Å². The van der Waals surface area contributed by atoms with Crippen molar-refractivity contribution in [3.63, 3.8) is 0 Å². The molecule has 0 aliphatic heterocycles. The van der Waals surface area contributed by atoms with Crippen LogP contribution in [0.3, 0.4) is 0 Å². The zero-order valence-electron chi connectivity index (χ0n) is 11.6. The summed E-state index contributed by atoms with van der Waals surface area (Å²) in [6, 6.07) is 3.75. The first-order valence-electron chi connectivity index (χ1n) is 7.03. The monoisotopic (exact) mass is 282 g/mol. The minimum atomic E-state index is -0.572. The summed E-state index contributed by atoms with van der Waals surface area (Å²) in [5, 5.41) is 6.09. The Morgan fingerprint density at radius 1 is 1.30 bits per heavy atom. The van der Waals surface area contributed by atoms with E-state index < -0.39 is 11.6 Å². The molecule has 20 heavy (non-hydrogen) atoms. The molecule has 2 N–H and O–H groups in total. The maximum atomic E-state index is 13.1. The third kappa shape index (κ3) is 4.89. The Hall–Kier alpha value is -1.49. The second kappa shape index (κ2) is 6.79. The van der Waals surface area contributed by atoms with E-state index in [4.69, 9.17) is 0 Å². The van der Waals surface area contributed by atoms with Crippen molar-refractivity contribution in [2.24, 2.45) is 0 Å². The van der Waals surface area contributed by atoms with Crippen LogP contribution in [0.4, 0.5) is 8.78 Å². The summed E-state index contributed by atoms with van der Waals surface area (Å²) in [4.78, 5) is 11.5. The van der Waals surface area contributed by atoms with Gasteiger partial charge in [-0.1, -0.05) is 0 Å². The summed E-state index contributed by atoms with van der Waals surface area (Å²) in [5.74, 6) is -1.06. The number of hydrogen-bond acceptors (Lipinski definition) is 2. The fourth-order valence-corrected chi connectivity index (χ4v) is 2.04. The molecule has 0 saturated heterocycles. The molecule has 1 amide bonds. The first-order valence-corrected chi connectivity index (χ1v) is 7.03. The van der Waals surface area contributed by atoms with Gasteiger partial charge in [-0.25, -0.2) is 8.78 Å². The van der Waals surface area contributed by atoms with Gasteiger partial charge in [0.15, 0.2) is 0 Å². The van der Waals surface area contributed by atoms with Crippen LogP contribution in [0.1, 0.15) is 44.2 Å². The van der Waals surface area contributed by atoms with Gasteiger partial charge in [0, 0.05) is 24.6 Å². The van der Waals surface area contributed by atoms with E-state index >= 15 is 0 Å². The van der Waals surface area contributed by atoms with E-state index in [1.54, 1.807) is 0 Å². The van der Waals surface area contributed by atoms with Gasteiger partial charge in [0.1, 0.15) is 11.6 Å². The summed E-state index contributed by atoms with van der Waals surface area (Å²) in [7, 11) is 0. The Kier molecular flexibility index (Phi) is 5.06. The molecule has 0 radical (unpaired) electrons. The highest BCUT2D eigenvalue weighted by molar-refractivity contribution is 5.76. The molecule has 110 valence electrons. The van der Waals surface area contributed by atoms with E-state index in [0.717, 1.165) is 18.9 Å². The lowest BCUT2D eigenvalue weighted by atomic mass is 10.1. The molecule has 5 heteroatoms. The first kappa shape index (κ1) is 14.9. The molecule has 1 aromatic rings. The lowest BCUT2D eigenvalue weighted by molar-refractivity contribution is -0.121. The molecule has 0 aromatic heterocycles. The summed E-state index contributed by atoms with van der Waals surface area (Å²) in [6.07, 6.45) is 3.37. The van der Waals surface area contributed by atoms with Crippen LogP contribution in [-0.4, -0.2) is 18.5 Å². The number of hydrogen-bond donors (Lipinski definition) is 2. The van der Waals surface area contributed by atoms with Crippen LogP contribution in [0.2, 0.25) is 0 Å². The fraction of sp³-hybridized carbons (Fsp3) is 0.533. The highest BCUT2D eigenvalue weighted by Gasteiger charge is 2.22. The molecular weight excluding hydrogens is 262 g/mol. The molecule has 1 aliphatic carbocycles. The number of nitrogens with one attached hydrogen (secondary N) is 2. The first-order chi connectivity index (χ1) is 9.54. The van der Waals surface area contributed by atoms with Crippen molar-refractivity contribution >= 4 is 5.91 Å². The summed E-state index contributed by atoms with van der Waals surface area (Å²) < 4.78 is 26.2. The quantitative estimate of drug-likeness (QED) is 0.755. The van der Waals surface area contributed by atoms with Crippen molar-refractivity contribution in [2.75, 3.05) is 6.54 Å². The molecule has 0 spiro atoms. The van der Waals surface area contributed by atoms with E-state index in [1.165, 1.54) is 12.1 Å². The summed E-state index contributed by atoms with van der Waals surface area (Å²) >= 11 is 0. The van der Waals surface area contributed by atoms with Crippen LogP contribution in [0, 0.1) is 11.6 Å². The number of carbonyl (C=O) groups excluding carboxylic acids is 1. The normalized spacial score (nSPS) is 15.9. The number of halogens is 2. The van der Waals surface area contributed by atoms with Gasteiger partial charge in [-0.15, -0.1) is 0 Å². The van der Waals surface area contributed by atoms with Crippen LogP contribution in [0.15, 0.2) is 18.2 Å². The fourth-order valence-electron chi connectivity index (χ4n) is 2.04. The van der Waals surface area contributed by atoms with Gasteiger partial charge in [0.25, 0.3) is 0 Å². The van der Waals surface area contributed by atoms with Gasteiger partial charge >= 0.3 is 0 Å². The largest absolute Gasteiger partial charge is 0.353 e. The third-order valence-electron chi connectivity index (χ3n) is 3.36. The van der Waals surface area contributed by atoms with E-state index in [2.05, 4.69) is 10.6 Å². The van der Waals surface area contributed by atoms with Crippen LogP contribution < -0.4 is 10.6 Å². The van der Waals surface area contributed by atoms with Crippen molar-refractivity contribution in [3.05, 3.63) is 35.4 Å². The smallest absolute Gasteiger partial charge is 0.220 e. The molecule has 1 saturated carbocycles. The van der Waals surface area contributed by atoms with E-state index in [9.17, 15) is 13.6 Å². The zero-order valence-corrected chi connectivity index (χ0v) is 11.6. The van der Waals surface area contributed by atoms with Gasteiger partial charge in [0.2, 0.25) is 5.91 Å². The predicted molar refractivity (Wildman–Crippen MR) is 73.2 cm³/mol. The predicted octanol–water partition coefficient (Wildman–Crippen LogP) is 2.67. The Labute approximate surface area is 117 Å². The molecular formula is C15H20F2N2O. The Balaban J connectivity index is 1.68. The third-order valence-corrected chi connectivity index (χ3v) is 3.36. The minimum Gasteiger partial charge on any atom is -0.353 e. The highest BCUT2D eigenvalue weighted by atomic mass is 19.1. The average Bonchev–Trinajstić information content (AvgIpc) is 3.17. The molecule has 1 atom stereocenters. The maximum Gasteiger partial charge on any atom is 0.220 e. The molecule has 0 bridgehead atoms. The standard InChI is InChI=1S/C15H20F2N2O/c1-10(11-7-12(16)9-13(17)8-11)18-6-2-3-15(20)19-14-4-5-14/h7-10,14,18H,2-6H2,1H3,(H,19,20). The van der Waals surface area contributed by atoms with Gasteiger partial charge < -0.3 is 10.6 Å². The SMILES string of the molecule is CC(NCCCC(=O)NC1CC1)c1cc(F)cc(F)c1. The molecule has 0 heterocycles. The molecule has 1 aromatic carbocycles. The topological polar surface area (TPSA) is 41.1 Å². The zero-order chi connectivity index (χ0) is 14.5. The minimum absolute atomic E-state index is 0.0822. The van der Waals surface area contributed by atoms with Gasteiger partial charge in [-0.2, -0.15) is 0 Å². The van der Waals surface area contributed by atoms with Gasteiger partial charge in [0.05, 0.1) is 0 Å². The molecule has 1 aliphatic rings. The number of amides is 1. The van der Waals surface area contributed by atoms with Crippen molar-refractivity contribution in [1.29, 1.82) is 0 Å². The van der Waals surface area contributed by atoms with Crippen molar-refractivity contribution in [1.82, 2.24) is 10.6 Å². The lowest BCUT2D eigenvalue weighted by Crippen LogP contribution is -2.27. The summed E-state index contributed by atoms with van der Waals surface area (Å²) in [6.45, 7) is 2.48. The Morgan fingerprint density at radius 2 is 1.95 bits per heavy atom. The number of benzene rings is 1. The van der Waals surface area contributed by atoms with E-state index in [0.29, 0.717) is 31.0 Å². The summed E-state index contributed by atoms with van der Waals surface area (Å²) in [5.41, 5.74) is 0.574. The van der Waals surface area contributed by atoms with E-state index in [-0.39, 0.29) is 11.9 Å². The van der Waals surface area contributed by atoms with Crippen molar-refractivity contribution in [2.45, 2.75) is 44.7 Å².